The van der Waals surface area contributed by atoms with Crippen LogP contribution in [-0.2, 0) is 4.79 Å². The molecule has 0 saturated heterocycles. The topological polar surface area (TPSA) is 51.5 Å². The van der Waals surface area contributed by atoms with E-state index in [9.17, 15) is 18.0 Å². The van der Waals surface area contributed by atoms with Gasteiger partial charge in [0.2, 0.25) is 0 Å². The number of aliphatic carboxylic acids is 1. The number of hydrogen-bond acceptors (Lipinski definition) is 2. The van der Waals surface area contributed by atoms with Gasteiger partial charge in [0.15, 0.2) is 0 Å². The number of hydrogen-bond donors (Lipinski definition) is 1. The highest BCUT2D eigenvalue weighted by molar-refractivity contribution is 5.84. The second-order valence-electron chi connectivity index (χ2n) is 6.77. The second-order valence-corrected chi connectivity index (χ2v) is 6.77. The summed E-state index contributed by atoms with van der Waals surface area (Å²) in [6, 6.07) is 13.6. The van der Waals surface area contributed by atoms with Crippen molar-refractivity contribution in [1.29, 1.82) is 0 Å². The monoisotopic (exact) mass is 375 g/mol. The summed E-state index contributed by atoms with van der Waals surface area (Å²) in [5.74, 6) is -1.47. The molecule has 4 rings (SSSR count). The molecule has 1 heterocycles. The Kier molecular flexibility index (Phi) is 3.91. The molecule has 140 valence electrons. The molecule has 1 aliphatic rings. The van der Waals surface area contributed by atoms with Crippen molar-refractivity contribution >= 4 is 16.9 Å². The van der Waals surface area contributed by atoms with Gasteiger partial charge in [0, 0.05) is 22.8 Å². The van der Waals surface area contributed by atoms with E-state index >= 15 is 0 Å². The Balaban J connectivity index is 1.76. The normalized spacial score (nSPS) is 19.3. The number of alkyl halides is 3. The fraction of sp³-hybridized carbons (Fsp3) is 0.250. The average molecular weight is 375 g/mol. The van der Waals surface area contributed by atoms with Crippen LogP contribution in [0, 0.1) is 12.8 Å². The van der Waals surface area contributed by atoms with Crippen molar-refractivity contribution in [3.63, 3.8) is 0 Å². The number of aryl methyl sites for hydroxylation is 1. The largest absolute Gasteiger partial charge is 0.573 e. The molecular formula is C20H16F3NO3. The van der Waals surface area contributed by atoms with Gasteiger partial charge >= 0.3 is 12.3 Å². The van der Waals surface area contributed by atoms with Crippen LogP contribution in [0.5, 0.6) is 5.75 Å². The summed E-state index contributed by atoms with van der Waals surface area (Å²) in [6.07, 6.45) is -4.15. The van der Waals surface area contributed by atoms with Crippen molar-refractivity contribution in [2.24, 2.45) is 5.92 Å². The number of ether oxygens (including phenoxy) is 1. The highest BCUT2D eigenvalue weighted by Crippen LogP contribution is 2.48. The predicted octanol–water partition coefficient (Wildman–Crippen LogP) is 5.03. The van der Waals surface area contributed by atoms with Crippen LogP contribution in [0.15, 0.2) is 48.5 Å². The van der Waals surface area contributed by atoms with Crippen molar-refractivity contribution in [1.82, 2.24) is 4.57 Å². The van der Waals surface area contributed by atoms with Gasteiger partial charge in [-0.2, -0.15) is 0 Å². The van der Waals surface area contributed by atoms with Crippen LogP contribution in [0.25, 0.3) is 16.6 Å². The van der Waals surface area contributed by atoms with Crippen LogP contribution in [0.3, 0.4) is 0 Å². The molecule has 7 heteroatoms. The second kappa shape index (κ2) is 6.04. The van der Waals surface area contributed by atoms with E-state index in [0.29, 0.717) is 11.9 Å². The summed E-state index contributed by atoms with van der Waals surface area (Å²) in [6.45, 7) is 1.87. The van der Waals surface area contributed by atoms with Crippen LogP contribution in [0.2, 0.25) is 0 Å². The molecule has 3 aromatic rings. The van der Waals surface area contributed by atoms with Crippen LogP contribution in [0.1, 0.15) is 23.6 Å². The number of carboxylic acids is 1. The number of rotatable bonds is 4. The molecule has 0 aliphatic heterocycles. The van der Waals surface area contributed by atoms with E-state index in [1.54, 1.807) is 6.07 Å². The van der Waals surface area contributed by atoms with Crippen molar-refractivity contribution in [2.75, 3.05) is 0 Å². The molecule has 4 nitrogen and oxygen atoms in total. The maximum Gasteiger partial charge on any atom is 0.573 e. The number of aromatic nitrogens is 1. The van der Waals surface area contributed by atoms with Gasteiger partial charge in [-0.25, -0.2) is 0 Å². The summed E-state index contributed by atoms with van der Waals surface area (Å²) in [5, 5.41) is 9.93. The Labute approximate surface area is 152 Å². The van der Waals surface area contributed by atoms with Crippen molar-refractivity contribution in [3.8, 4) is 11.4 Å². The third-order valence-corrected chi connectivity index (χ3v) is 4.86. The number of halogens is 3. The van der Waals surface area contributed by atoms with Crippen LogP contribution < -0.4 is 4.74 Å². The summed E-state index contributed by atoms with van der Waals surface area (Å²) >= 11 is 0. The first-order valence-corrected chi connectivity index (χ1v) is 8.44. The van der Waals surface area contributed by atoms with Crippen LogP contribution >= 0.6 is 0 Å². The van der Waals surface area contributed by atoms with Crippen molar-refractivity contribution < 1.29 is 27.8 Å². The van der Waals surface area contributed by atoms with Gasteiger partial charge in [0.1, 0.15) is 5.75 Å². The highest BCUT2D eigenvalue weighted by Gasteiger charge is 2.44. The SMILES string of the molecule is Cc1cc2ccc(OC(F)(F)F)cc2n1-c1cccc(C2CC2C(=O)O)c1. The third-order valence-electron chi connectivity index (χ3n) is 4.86. The molecule has 1 aliphatic carbocycles. The van der Waals surface area contributed by atoms with E-state index in [1.165, 1.54) is 12.1 Å². The molecule has 1 fully saturated rings. The number of nitrogens with zero attached hydrogens (tertiary/aromatic N) is 1. The fourth-order valence-corrected chi connectivity index (χ4v) is 3.59. The zero-order valence-corrected chi connectivity index (χ0v) is 14.3. The molecule has 1 N–H and O–H groups in total. The standard InChI is InChI=1S/C20H16F3NO3/c1-11-7-13-5-6-15(27-20(21,22)23)9-18(13)24(11)14-4-2-3-12(8-14)16-10-17(16)19(25)26/h2-9,16-17H,10H2,1H3,(H,25,26). The molecule has 2 aromatic carbocycles. The minimum atomic E-state index is -4.75. The first kappa shape index (κ1) is 17.5. The molecular weight excluding hydrogens is 359 g/mol. The van der Waals surface area contributed by atoms with E-state index in [4.69, 9.17) is 5.11 Å². The molecule has 0 bridgehead atoms. The van der Waals surface area contributed by atoms with Gasteiger partial charge in [-0.1, -0.05) is 12.1 Å². The average Bonchev–Trinajstić information content (AvgIpc) is 3.31. The van der Waals surface area contributed by atoms with Gasteiger partial charge in [-0.15, -0.1) is 13.2 Å². The Morgan fingerprint density at radius 3 is 2.63 bits per heavy atom. The van der Waals surface area contributed by atoms with E-state index < -0.39 is 12.3 Å². The number of benzene rings is 2. The minimum absolute atomic E-state index is 0.0197. The smallest absolute Gasteiger partial charge is 0.481 e. The molecule has 27 heavy (non-hydrogen) atoms. The summed E-state index contributed by atoms with van der Waals surface area (Å²) < 4.78 is 43.5. The maximum absolute atomic E-state index is 12.5. The lowest BCUT2D eigenvalue weighted by molar-refractivity contribution is -0.274. The Morgan fingerprint density at radius 2 is 1.96 bits per heavy atom. The van der Waals surface area contributed by atoms with Crippen molar-refractivity contribution in [2.45, 2.75) is 25.6 Å². The highest BCUT2D eigenvalue weighted by atomic mass is 19.4. The Morgan fingerprint density at radius 1 is 1.19 bits per heavy atom. The van der Waals surface area contributed by atoms with Crippen LogP contribution in [-0.4, -0.2) is 22.0 Å². The molecule has 0 amide bonds. The fourth-order valence-electron chi connectivity index (χ4n) is 3.59. The summed E-state index contributed by atoms with van der Waals surface area (Å²) in [4.78, 5) is 11.1. The van der Waals surface area contributed by atoms with E-state index in [1.807, 2.05) is 41.8 Å². The predicted molar refractivity (Wildman–Crippen MR) is 93.2 cm³/mol. The van der Waals surface area contributed by atoms with Gasteiger partial charge in [-0.3, -0.25) is 4.79 Å². The molecule has 2 atom stereocenters. The lowest BCUT2D eigenvalue weighted by Crippen LogP contribution is -2.17. The quantitative estimate of drug-likeness (QED) is 0.696. The number of carboxylic acid groups (broad SMARTS) is 1. The summed E-state index contributed by atoms with van der Waals surface area (Å²) in [5.41, 5.74) is 3.15. The van der Waals surface area contributed by atoms with Gasteiger partial charge in [0.05, 0.1) is 11.4 Å². The third kappa shape index (κ3) is 3.37. The van der Waals surface area contributed by atoms with Gasteiger partial charge in [0.25, 0.3) is 0 Å². The molecule has 0 radical (unpaired) electrons. The first-order valence-electron chi connectivity index (χ1n) is 8.44. The summed E-state index contributed by atoms with van der Waals surface area (Å²) in [7, 11) is 0. The molecule has 1 aromatic heterocycles. The number of carbonyl (C=O) groups is 1. The zero-order chi connectivity index (χ0) is 19.3. The van der Waals surface area contributed by atoms with Crippen molar-refractivity contribution in [3.05, 3.63) is 59.8 Å². The van der Waals surface area contributed by atoms with E-state index in [-0.39, 0.29) is 17.6 Å². The molecule has 0 spiro atoms. The van der Waals surface area contributed by atoms with E-state index in [2.05, 4.69) is 4.74 Å². The Hall–Kier alpha value is -2.96. The first-order chi connectivity index (χ1) is 12.7. The Bertz CT molecular complexity index is 1040. The van der Waals surface area contributed by atoms with Gasteiger partial charge in [-0.05, 0) is 55.2 Å². The molecule has 1 saturated carbocycles. The lowest BCUT2D eigenvalue weighted by Gasteiger charge is -2.12. The van der Waals surface area contributed by atoms with E-state index in [0.717, 1.165) is 22.3 Å². The zero-order valence-electron chi connectivity index (χ0n) is 14.3. The maximum atomic E-state index is 12.5. The minimum Gasteiger partial charge on any atom is -0.481 e. The van der Waals surface area contributed by atoms with Gasteiger partial charge < -0.3 is 14.4 Å². The lowest BCUT2D eigenvalue weighted by atomic mass is 10.1. The number of fused-ring (bicyclic) bond motifs is 1. The van der Waals surface area contributed by atoms with Crippen LogP contribution in [0.4, 0.5) is 13.2 Å². The molecule has 2 unspecified atom stereocenters.